The minimum atomic E-state index is -3.30. The van der Waals surface area contributed by atoms with E-state index in [0.29, 0.717) is 0 Å². The van der Waals surface area contributed by atoms with Crippen molar-refractivity contribution in [2.45, 2.75) is 31.4 Å². The molecule has 2 aliphatic rings. The van der Waals surface area contributed by atoms with E-state index in [-0.39, 0.29) is 44.0 Å². The Morgan fingerprint density at radius 1 is 1.33 bits per heavy atom. The minimum Gasteiger partial charge on any atom is -0.338 e. The molecule has 2 atom stereocenters. The van der Waals surface area contributed by atoms with Gasteiger partial charge in [-0.05, 0) is 6.92 Å². The molecule has 0 bridgehead atoms. The van der Waals surface area contributed by atoms with Crippen molar-refractivity contribution in [3.63, 3.8) is 0 Å². The van der Waals surface area contributed by atoms with Crippen LogP contribution in [0.3, 0.4) is 0 Å². The summed E-state index contributed by atoms with van der Waals surface area (Å²) >= 11 is 0. The molecule has 2 fully saturated rings. The standard InChI is InChI=1S/C11H19F2N3O3S.ClH/c1-8-6-15(3-4-16(8)20(2,18)19)10(17)9-5-11(12,13)7-14-9;/h8-9,14H,3-7H2,1-2H3;1H/t8-,9?;/m0./s1. The van der Waals surface area contributed by atoms with Crippen LogP contribution in [0.5, 0.6) is 0 Å². The van der Waals surface area contributed by atoms with Crippen molar-refractivity contribution < 1.29 is 22.0 Å². The first kappa shape index (κ1) is 18.5. The molecule has 0 aromatic heterocycles. The number of alkyl halides is 2. The molecular weight excluding hydrogens is 328 g/mol. The summed E-state index contributed by atoms with van der Waals surface area (Å²) in [5.41, 5.74) is 0. The molecule has 0 aliphatic carbocycles. The number of hydrogen-bond acceptors (Lipinski definition) is 4. The first-order valence-electron chi connectivity index (χ1n) is 6.47. The van der Waals surface area contributed by atoms with Crippen molar-refractivity contribution in [2.24, 2.45) is 0 Å². The van der Waals surface area contributed by atoms with Crippen LogP contribution in [0.4, 0.5) is 8.78 Å². The highest BCUT2D eigenvalue weighted by molar-refractivity contribution is 7.88. The van der Waals surface area contributed by atoms with Crippen molar-refractivity contribution in [1.29, 1.82) is 0 Å². The second-order valence-corrected chi connectivity index (χ2v) is 7.44. The molecular formula is C11H20ClF2N3O3S. The molecule has 6 nitrogen and oxygen atoms in total. The van der Waals surface area contributed by atoms with E-state index in [9.17, 15) is 22.0 Å². The van der Waals surface area contributed by atoms with Crippen molar-refractivity contribution in [3.05, 3.63) is 0 Å². The maximum Gasteiger partial charge on any atom is 0.262 e. The fourth-order valence-electron chi connectivity index (χ4n) is 2.74. The van der Waals surface area contributed by atoms with Crippen molar-refractivity contribution in [3.8, 4) is 0 Å². The third kappa shape index (κ3) is 4.24. The fraction of sp³-hybridized carbons (Fsp3) is 0.909. The molecule has 0 spiro atoms. The molecule has 0 saturated carbocycles. The van der Waals surface area contributed by atoms with E-state index in [0.717, 1.165) is 6.26 Å². The van der Waals surface area contributed by atoms with Gasteiger partial charge in [-0.2, -0.15) is 4.31 Å². The molecule has 0 radical (unpaired) electrons. The summed E-state index contributed by atoms with van der Waals surface area (Å²) in [4.78, 5) is 13.6. The van der Waals surface area contributed by atoms with Gasteiger partial charge in [0.1, 0.15) is 0 Å². The first-order valence-corrected chi connectivity index (χ1v) is 8.32. The molecule has 0 aromatic carbocycles. The number of piperazine rings is 1. The summed E-state index contributed by atoms with van der Waals surface area (Å²) in [6.07, 6.45) is 0.632. The molecule has 0 aromatic rings. The second kappa shape index (κ2) is 6.31. The zero-order chi connectivity index (χ0) is 15.1. The zero-order valence-electron chi connectivity index (χ0n) is 11.9. The lowest BCUT2D eigenvalue weighted by molar-refractivity contribution is -0.135. The number of carbonyl (C=O) groups is 1. The molecule has 2 saturated heterocycles. The van der Waals surface area contributed by atoms with Gasteiger partial charge in [0.2, 0.25) is 15.9 Å². The van der Waals surface area contributed by atoms with E-state index in [1.165, 1.54) is 9.21 Å². The Morgan fingerprint density at radius 3 is 2.38 bits per heavy atom. The normalized spacial score (nSPS) is 30.0. The Morgan fingerprint density at radius 2 is 1.95 bits per heavy atom. The SMILES string of the molecule is C[C@H]1CN(C(=O)C2CC(F)(F)CN2)CCN1S(C)(=O)=O.Cl. The van der Waals surface area contributed by atoms with E-state index in [1.54, 1.807) is 6.92 Å². The maximum atomic E-state index is 13.1. The Bertz CT molecular complexity index is 503. The zero-order valence-corrected chi connectivity index (χ0v) is 13.5. The molecule has 2 rings (SSSR count). The lowest BCUT2D eigenvalue weighted by Crippen LogP contribution is -2.57. The van der Waals surface area contributed by atoms with Crippen molar-refractivity contribution >= 4 is 28.3 Å². The number of hydrogen-bond donors (Lipinski definition) is 1. The number of carbonyl (C=O) groups excluding carboxylic acids is 1. The summed E-state index contributed by atoms with van der Waals surface area (Å²) < 4.78 is 50.6. The van der Waals surface area contributed by atoms with Crippen LogP contribution in [0.1, 0.15) is 13.3 Å². The van der Waals surface area contributed by atoms with Gasteiger partial charge < -0.3 is 4.90 Å². The number of nitrogens with zero attached hydrogens (tertiary/aromatic N) is 2. The van der Waals surface area contributed by atoms with Crippen molar-refractivity contribution in [1.82, 2.24) is 14.5 Å². The topological polar surface area (TPSA) is 69.7 Å². The van der Waals surface area contributed by atoms with Gasteiger partial charge >= 0.3 is 0 Å². The Kier molecular flexibility index (Phi) is 5.57. The van der Waals surface area contributed by atoms with Crippen LogP contribution in [0.2, 0.25) is 0 Å². The van der Waals surface area contributed by atoms with Gasteiger partial charge in [-0.15, -0.1) is 12.4 Å². The van der Waals surface area contributed by atoms with Crippen LogP contribution >= 0.6 is 12.4 Å². The number of nitrogens with one attached hydrogen (secondary N) is 1. The van der Waals surface area contributed by atoms with E-state index in [1.807, 2.05) is 0 Å². The number of sulfonamides is 1. The number of rotatable bonds is 2. The van der Waals surface area contributed by atoms with E-state index >= 15 is 0 Å². The Balaban J connectivity index is 0.00000220. The largest absolute Gasteiger partial charge is 0.338 e. The lowest BCUT2D eigenvalue weighted by atomic mass is 10.1. The summed E-state index contributed by atoms with van der Waals surface area (Å²) in [6, 6.07) is -1.22. The quantitative estimate of drug-likeness (QED) is 0.757. The van der Waals surface area contributed by atoms with Gasteiger partial charge in [0, 0.05) is 32.1 Å². The summed E-state index contributed by atoms with van der Waals surface area (Å²) in [5.74, 6) is -3.22. The van der Waals surface area contributed by atoms with Crippen LogP contribution in [-0.2, 0) is 14.8 Å². The van der Waals surface area contributed by atoms with E-state index in [4.69, 9.17) is 0 Å². The third-order valence-corrected chi connectivity index (χ3v) is 5.11. The average Bonchev–Trinajstić information content (AvgIpc) is 2.67. The monoisotopic (exact) mass is 347 g/mol. The van der Waals surface area contributed by atoms with Crippen LogP contribution in [0, 0.1) is 0 Å². The molecule has 2 heterocycles. The van der Waals surface area contributed by atoms with Crippen molar-refractivity contribution in [2.75, 3.05) is 32.4 Å². The molecule has 21 heavy (non-hydrogen) atoms. The fourth-order valence-corrected chi connectivity index (χ4v) is 3.88. The molecule has 1 amide bonds. The highest BCUT2D eigenvalue weighted by atomic mass is 35.5. The van der Waals surface area contributed by atoms with Crippen LogP contribution < -0.4 is 5.32 Å². The Hall–Kier alpha value is -0.510. The van der Waals surface area contributed by atoms with Crippen LogP contribution in [-0.4, -0.2) is 74.0 Å². The molecule has 10 heteroatoms. The predicted octanol–water partition coefficient (Wildman–Crippen LogP) is -0.102. The third-order valence-electron chi connectivity index (χ3n) is 3.71. The average molecular weight is 348 g/mol. The van der Waals surface area contributed by atoms with Gasteiger partial charge in [0.05, 0.1) is 18.8 Å². The number of halogens is 3. The first-order chi connectivity index (χ1) is 9.10. The van der Waals surface area contributed by atoms with E-state index < -0.39 is 35.0 Å². The highest BCUT2D eigenvalue weighted by Crippen LogP contribution is 2.26. The van der Waals surface area contributed by atoms with Gasteiger partial charge in [0.25, 0.3) is 5.92 Å². The number of amides is 1. The molecule has 1 N–H and O–H groups in total. The van der Waals surface area contributed by atoms with Gasteiger partial charge in [-0.3, -0.25) is 10.1 Å². The summed E-state index contributed by atoms with van der Waals surface area (Å²) in [5, 5.41) is 2.53. The maximum absolute atomic E-state index is 13.1. The van der Waals surface area contributed by atoms with Gasteiger partial charge in [-0.1, -0.05) is 0 Å². The highest BCUT2D eigenvalue weighted by Gasteiger charge is 2.44. The summed E-state index contributed by atoms with van der Waals surface area (Å²) in [7, 11) is -3.30. The Labute approximate surface area is 129 Å². The van der Waals surface area contributed by atoms with Crippen LogP contribution in [0.15, 0.2) is 0 Å². The van der Waals surface area contributed by atoms with Gasteiger partial charge in [0.15, 0.2) is 0 Å². The van der Waals surface area contributed by atoms with Gasteiger partial charge in [-0.25, -0.2) is 17.2 Å². The molecule has 124 valence electrons. The predicted molar refractivity (Wildman–Crippen MR) is 76.2 cm³/mol. The summed E-state index contributed by atoms with van der Waals surface area (Å²) in [6.45, 7) is 1.89. The minimum absolute atomic E-state index is 0. The molecule has 1 unspecified atom stereocenters. The molecule has 2 aliphatic heterocycles. The second-order valence-electron chi connectivity index (χ2n) is 5.50. The lowest BCUT2D eigenvalue weighted by Gasteiger charge is -2.39. The van der Waals surface area contributed by atoms with E-state index in [2.05, 4.69) is 5.32 Å². The smallest absolute Gasteiger partial charge is 0.262 e. The van der Waals surface area contributed by atoms with Crippen LogP contribution in [0.25, 0.3) is 0 Å².